The molecular formula is C16H24N2. The molecule has 2 heteroatoms. The molecule has 18 heavy (non-hydrogen) atoms. The minimum Gasteiger partial charge on any atom is -0.324 e. The Bertz CT molecular complexity index is 408. The maximum atomic E-state index is 6.38. The molecule has 0 bridgehead atoms. The zero-order valence-corrected chi connectivity index (χ0v) is 11.1. The molecular weight excluding hydrogens is 220 g/mol. The van der Waals surface area contributed by atoms with E-state index in [9.17, 15) is 0 Å². The average Bonchev–Trinajstić information content (AvgIpc) is 2.87. The first-order valence-corrected chi connectivity index (χ1v) is 7.43. The van der Waals surface area contributed by atoms with Crippen LogP contribution in [-0.2, 0) is 12.8 Å². The Morgan fingerprint density at radius 2 is 2.06 bits per heavy atom. The molecule has 1 aliphatic heterocycles. The van der Waals surface area contributed by atoms with Crippen LogP contribution in [0.4, 0.5) is 0 Å². The van der Waals surface area contributed by atoms with E-state index in [1.807, 2.05) is 0 Å². The fraction of sp³-hybridized carbons (Fsp3) is 0.625. The first kappa shape index (κ1) is 12.2. The lowest BCUT2D eigenvalue weighted by Crippen LogP contribution is -2.36. The van der Waals surface area contributed by atoms with Crippen molar-refractivity contribution in [1.29, 1.82) is 0 Å². The van der Waals surface area contributed by atoms with Gasteiger partial charge in [-0.2, -0.15) is 0 Å². The third-order valence-electron chi connectivity index (χ3n) is 4.50. The van der Waals surface area contributed by atoms with Crippen LogP contribution in [0.25, 0.3) is 0 Å². The van der Waals surface area contributed by atoms with Gasteiger partial charge in [-0.1, -0.05) is 24.6 Å². The van der Waals surface area contributed by atoms with Crippen LogP contribution < -0.4 is 11.1 Å². The summed E-state index contributed by atoms with van der Waals surface area (Å²) in [4.78, 5) is 0. The number of hydrogen-bond acceptors (Lipinski definition) is 2. The molecule has 1 aromatic carbocycles. The van der Waals surface area contributed by atoms with Gasteiger partial charge in [0.2, 0.25) is 0 Å². The molecule has 98 valence electrons. The number of fused-ring (bicyclic) bond motifs is 1. The van der Waals surface area contributed by atoms with Gasteiger partial charge in [-0.3, -0.25) is 0 Å². The van der Waals surface area contributed by atoms with Crippen molar-refractivity contribution in [2.75, 3.05) is 6.54 Å². The molecule has 1 aromatic rings. The maximum Gasteiger partial charge on any atom is 0.0309 e. The quantitative estimate of drug-likeness (QED) is 0.858. The highest BCUT2D eigenvalue weighted by Gasteiger charge is 2.18. The third kappa shape index (κ3) is 2.60. The van der Waals surface area contributed by atoms with Crippen LogP contribution in [0.3, 0.4) is 0 Å². The SMILES string of the molecule is NC(CC1CCCCN1)c1ccc2c(c1)CCC2. The average molecular weight is 244 g/mol. The molecule has 0 saturated carbocycles. The van der Waals surface area contributed by atoms with Crippen molar-refractivity contribution >= 4 is 0 Å². The molecule has 1 saturated heterocycles. The van der Waals surface area contributed by atoms with Crippen LogP contribution in [0.15, 0.2) is 18.2 Å². The molecule has 1 aliphatic carbocycles. The van der Waals surface area contributed by atoms with Crippen molar-refractivity contribution in [1.82, 2.24) is 5.32 Å². The summed E-state index contributed by atoms with van der Waals surface area (Å²) in [7, 11) is 0. The van der Waals surface area contributed by atoms with Gasteiger partial charge in [-0.25, -0.2) is 0 Å². The van der Waals surface area contributed by atoms with Gasteiger partial charge in [0.25, 0.3) is 0 Å². The fourth-order valence-electron chi connectivity index (χ4n) is 3.39. The summed E-state index contributed by atoms with van der Waals surface area (Å²) < 4.78 is 0. The summed E-state index contributed by atoms with van der Waals surface area (Å²) in [5.41, 5.74) is 10.8. The van der Waals surface area contributed by atoms with Crippen LogP contribution in [-0.4, -0.2) is 12.6 Å². The highest BCUT2D eigenvalue weighted by molar-refractivity contribution is 5.36. The van der Waals surface area contributed by atoms with Crippen molar-refractivity contribution in [3.63, 3.8) is 0 Å². The number of piperidine rings is 1. The Balaban J connectivity index is 1.66. The van der Waals surface area contributed by atoms with E-state index >= 15 is 0 Å². The fourth-order valence-corrected chi connectivity index (χ4v) is 3.39. The van der Waals surface area contributed by atoms with Gasteiger partial charge in [0.1, 0.15) is 0 Å². The van der Waals surface area contributed by atoms with Gasteiger partial charge >= 0.3 is 0 Å². The highest BCUT2D eigenvalue weighted by Crippen LogP contribution is 2.27. The molecule has 1 fully saturated rings. The van der Waals surface area contributed by atoms with Gasteiger partial charge < -0.3 is 11.1 Å². The summed E-state index contributed by atoms with van der Waals surface area (Å²) in [6.45, 7) is 1.17. The monoisotopic (exact) mass is 244 g/mol. The third-order valence-corrected chi connectivity index (χ3v) is 4.50. The summed E-state index contributed by atoms with van der Waals surface area (Å²) in [5, 5.41) is 3.59. The molecule has 2 atom stereocenters. The van der Waals surface area contributed by atoms with Gasteiger partial charge in [0.05, 0.1) is 0 Å². The van der Waals surface area contributed by atoms with Crippen LogP contribution in [0.2, 0.25) is 0 Å². The lowest BCUT2D eigenvalue weighted by molar-refractivity contribution is 0.362. The van der Waals surface area contributed by atoms with Crippen molar-refractivity contribution in [2.24, 2.45) is 5.73 Å². The van der Waals surface area contributed by atoms with E-state index in [-0.39, 0.29) is 6.04 Å². The molecule has 3 N–H and O–H groups in total. The number of hydrogen-bond donors (Lipinski definition) is 2. The minimum absolute atomic E-state index is 0.200. The Hall–Kier alpha value is -0.860. The van der Waals surface area contributed by atoms with E-state index in [0.29, 0.717) is 6.04 Å². The van der Waals surface area contributed by atoms with E-state index in [0.717, 1.165) is 6.42 Å². The minimum atomic E-state index is 0.200. The molecule has 3 rings (SSSR count). The largest absolute Gasteiger partial charge is 0.324 e. The molecule has 2 unspecified atom stereocenters. The summed E-state index contributed by atoms with van der Waals surface area (Å²) in [6.07, 6.45) is 8.88. The van der Waals surface area contributed by atoms with Gasteiger partial charge in [0, 0.05) is 12.1 Å². The molecule has 2 aliphatic rings. The first-order chi connectivity index (χ1) is 8.83. The topological polar surface area (TPSA) is 38.0 Å². The standard InChI is InChI=1S/C16H24N2/c17-16(11-15-6-1-2-9-18-15)14-8-7-12-4-3-5-13(12)10-14/h7-8,10,15-16,18H,1-6,9,11,17H2. The smallest absolute Gasteiger partial charge is 0.0309 e. The Morgan fingerprint density at radius 3 is 2.89 bits per heavy atom. The highest BCUT2D eigenvalue weighted by atomic mass is 14.9. The number of benzene rings is 1. The lowest BCUT2D eigenvalue weighted by Gasteiger charge is -2.26. The summed E-state index contributed by atoms with van der Waals surface area (Å²) >= 11 is 0. The van der Waals surface area contributed by atoms with Crippen LogP contribution in [0.5, 0.6) is 0 Å². The van der Waals surface area contributed by atoms with E-state index in [1.54, 1.807) is 11.1 Å². The van der Waals surface area contributed by atoms with E-state index in [4.69, 9.17) is 5.73 Å². The number of nitrogens with two attached hydrogens (primary N) is 1. The van der Waals surface area contributed by atoms with E-state index in [1.165, 1.54) is 50.6 Å². The molecule has 2 nitrogen and oxygen atoms in total. The van der Waals surface area contributed by atoms with Crippen LogP contribution in [0, 0.1) is 0 Å². The Labute approximate surface area is 110 Å². The molecule has 0 amide bonds. The summed E-state index contributed by atoms with van der Waals surface area (Å²) in [6, 6.07) is 7.73. The maximum absolute atomic E-state index is 6.38. The molecule has 0 spiro atoms. The van der Waals surface area contributed by atoms with E-state index in [2.05, 4.69) is 23.5 Å². The Kier molecular flexibility index (Phi) is 3.67. The number of rotatable bonds is 3. The molecule has 0 aromatic heterocycles. The number of aryl methyl sites for hydroxylation is 2. The second-order valence-corrected chi connectivity index (χ2v) is 5.87. The normalized spacial score (nSPS) is 24.8. The number of nitrogens with one attached hydrogen (secondary N) is 1. The van der Waals surface area contributed by atoms with Gasteiger partial charge in [-0.05, 0) is 61.8 Å². The van der Waals surface area contributed by atoms with Crippen LogP contribution in [0.1, 0.15) is 54.8 Å². The zero-order chi connectivity index (χ0) is 12.4. The second-order valence-electron chi connectivity index (χ2n) is 5.87. The predicted octanol–water partition coefficient (Wildman–Crippen LogP) is 2.71. The van der Waals surface area contributed by atoms with Crippen molar-refractivity contribution < 1.29 is 0 Å². The van der Waals surface area contributed by atoms with Crippen LogP contribution >= 0.6 is 0 Å². The molecule has 0 radical (unpaired) electrons. The zero-order valence-electron chi connectivity index (χ0n) is 11.1. The second kappa shape index (κ2) is 5.41. The predicted molar refractivity (Wildman–Crippen MR) is 75.7 cm³/mol. The Morgan fingerprint density at radius 1 is 1.17 bits per heavy atom. The van der Waals surface area contributed by atoms with E-state index < -0.39 is 0 Å². The van der Waals surface area contributed by atoms with Gasteiger partial charge in [-0.15, -0.1) is 0 Å². The van der Waals surface area contributed by atoms with Crippen molar-refractivity contribution in [3.05, 3.63) is 34.9 Å². The molecule has 1 heterocycles. The van der Waals surface area contributed by atoms with Crippen molar-refractivity contribution in [2.45, 2.75) is 57.0 Å². The van der Waals surface area contributed by atoms with Gasteiger partial charge in [0.15, 0.2) is 0 Å². The summed E-state index contributed by atoms with van der Waals surface area (Å²) in [5.74, 6) is 0. The first-order valence-electron chi connectivity index (χ1n) is 7.43. The lowest BCUT2D eigenvalue weighted by atomic mass is 9.93. The van der Waals surface area contributed by atoms with Crippen molar-refractivity contribution in [3.8, 4) is 0 Å².